The van der Waals surface area contributed by atoms with E-state index in [0.717, 1.165) is 25.9 Å². The van der Waals surface area contributed by atoms with Crippen molar-refractivity contribution in [3.8, 4) is 0 Å². The number of hydrogen-bond acceptors (Lipinski definition) is 2. The molecule has 2 saturated heterocycles. The SMILES string of the molecule is O=C(O)CCCN1C[C@@H]2CCCCN2C1=O. The molecule has 2 aliphatic rings. The number of rotatable bonds is 4. The Kier molecular flexibility index (Phi) is 3.31. The zero-order chi connectivity index (χ0) is 11.5. The van der Waals surface area contributed by atoms with Crippen LogP contribution in [0.15, 0.2) is 0 Å². The van der Waals surface area contributed by atoms with E-state index in [-0.39, 0.29) is 12.5 Å². The van der Waals surface area contributed by atoms with Crippen molar-refractivity contribution in [1.29, 1.82) is 0 Å². The molecule has 0 bridgehead atoms. The second-order valence-corrected chi connectivity index (χ2v) is 4.57. The van der Waals surface area contributed by atoms with Crippen molar-refractivity contribution in [2.24, 2.45) is 0 Å². The molecule has 0 aromatic rings. The largest absolute Gasteiger partial charge is 0.481 e. The first-order valence-corrected chi connectivity index (χ1v) is 5.96. The van der Waals surface area contributed by atoms with Crippen molar-refractivity contribution < 1.29 is 14.7 Å². The number of carboxylic acid groups (broad SMARTS) is 1. The lowest BCUT2D eigenvalue weighted by Crippen LogP contribution is -2.38. The summed E-state index contributed by atoms with van der Waals surface area (Å²) in [7, 11) is 0. The van der Waals surface area contributed by atoms with Gasteiger partial charge in [0.05, 0.1) is 6.04 Å². The van der Waals surface area contributed by atoms with Crippen LogP contribution < -0.4 is 0 Å². The molecular formula is C11H18N2O3. The molecule has 5 heteroatoms. The minimum atomic E-state index is -0.788. The normalized spacial score (nSPS) is 24.8. The van der Waals surface area contributed by atoms with Crippen LogP contribution in [0.4, 0.5) is 4.79 Å². The maximum absolute atomic E-state index is 11.9. The van der Waals surface area contributed by atoms with Crippen LogP contribution in [0.3, 0.4) is 0 Å². The molecule has 2 fully saturated rings. The van der Waals surface area contributed by atoms with E-state index in [1.807, 2.05) is 4.90 Å². The number of amides is 2. The van der Waals surface area contributed by atoms with Gasteiger partial charge in [0.15, 0.2) is 0 Å². The molecule has 0 aromatic heterocycles. The Morgan fingerprint density at radius 1 is 1.44 bits per heavy atom. The molecule has 0 radical (unpaired) electrons. The van der Waals surface area contributed by atoms with E-state index >= 15 is 0 Å². The monoisotopic (exact) mass is 226 g/mol. The lowest BCUT2D eigenvalue weighted by molar-refractivity contribution is -0.137. The Morgan fingerprint density at radius 2 is 2.25 bits per heavy atom. The topological polar surface area (TPSA) is 60.9 Å². The summed E-state index contributed by atoms with van der Waals surface area (Å²) in [6.07, 6.45) is 4.11. The van der Waals surface area contributed by atoms with E-state index in [4.69, 9.17) is 5.11 Å². The number of piperidine rings is 1. The van der Waals surface area contributed by atoms with Crippen LogP contribution in [0.2, 0.25) is 0 Å². The highest BCUT2D eigenvalue weighted by molar-refractivity contribution is 5.77. The zero-order valence-corrected chi connectivity index (χ0v) is 9.39. The van der Waals surface area contributed by atoms with Crippen LogP contribution >= 0.6 is 0 Å². The van der Waals surface area contributed by atoms with Crippen LogP contribution in [0.25, 0.3) is 0 Å². The van der Waals surface area contributed by atoms with Crippen molar-refractivity contribution in [3.05, 3.63) is 0 Å². The summed E-state index contributed by atoms with van der Waals surface area (Å²) in [5.41, 5.74) is 0. The summed E-state index contributed by atoms with van der Waals surface area (Å²) in [5, 5.41) is 8.55. The highest BCUT2D eigenvalue weighted by Gasteiger charge is 2.37. The molecule has 0 spiro atoms. The van der Waals surface area contributed by atoms with Crippen molar-refractivity contribution in [2.75, 3.05) is 19.6 Å². The van der Waals surface area contributed by atoms with Crippen LogP contribution in [0.1, 0.15) is 32.1 Å². The van der Waals surface area contributed by atoms with E-state index in [1.54, 1.807) is 4.90 Å². The van der Waals surface area contributed by atoms with Crippen molar-refractivity contribution in [2.45, 2.75) is 38.1 Å². The van der Waals surface area contributed by atoms with Gasteiger partial charge in [-0.15, -0.1) is 0 Å². The molecule has 16 heavy (non-hydrogen) atoms. The molecule has 2 amide bonds. The van der Waals surface area contributed by atoms with E-state index in [0.29, 0.717) is 19.0 Å². The van der Waals surface area contributed by atoms with Gasteiger partial charge in [0.25, 0.3) is 0 Å². The molecule has 0 saturated carbocycles. The van der Waals surface area contributed by atoms with Crippen LogP contribution in [0, 0.1) is 0 Å². The van der Waals surface area contributed by atoms with Gasteiger partial charge in [-0.25, -0.2) is 4.79 Å². The number of nitrogens with zero attached hydrogens (tertiary/aromatic N) is 2. The Balaban J connectivity index is 1.83. The number of aliphatic carboxylic acids is 1. The number of urea groups is 1. The smallest absolute Gasteiger partial charge is 0.320 e. The molecule has 1 N–H and O–H groups in total. The molecular weight excluding hydrogens is 208 g/mol. The first-order valence-electron chi connectivity index (χ1n) is 5.96. The molecule has 1 atom stereocenters. The summed E-state index contributed by atoms with van der Waals surface area (Å²) in [5.74, 6) is -0.788. The van der Waals surface area contributed by atoms with E-state index in [9.17, 15) is 9.59 Å². The van der Waals surface area contributed by atoms with E-state index in [1.165, 1.54) is 6.42 Å². The first-order chi connectivity index (χ1) is 7.68. The fourth-order valence-corrected chi connectivity index (χ4v) is 2.56. The van der Waals surface area contributed by atoms with Gasteiger partial charge in [-0.2, -0.15) is 0 Å². The van der Waals surface area contributed by atoms with Crippen molar-refractivity contribution in [3.63, 3.8) is 0 Å². The number of carbonyl (C=O) groups is 2. The average molecular weight is 226 g/mol. The van der Waals surface area contributed by atoms with Gasteiger partial charge in [-0.3, -0.25) is 4.79 Å². The molecule has 90 valence electrons. The lowest BCUT2D eigenvalue weighted by Gasteiger charge is -2.27. The summed E-state index contributed by atoms with van der Waals surface area (Å²) in [6, 6.07) is 0.487. The molecule has 2 heterocycles. The summed E-state index contributed by atoms with van der Waals surface area (Å²) < 4.78 is 0. The van der Waals surface area contributed by atoms with Crippen molar-refractivity contribution in [1.82, 2.24) is 9.80 Å². The third kappa shape index (κ3) is 2.28. The number of carbonyl (C=O) groups excluding carboxylic acids is 1. The fraction of sp³-hybridized carbons (Fsp3) is 0.818. The van der Waals surface area contributed by atoms with Gasteiger partial charge in [0.2, 0.25) is 0 Å². The Hall–Kier alpha value is -1.26. The number of carboxylic acids is 1. The zero-order valence-electron chi connectivity index (χ0n) is 9.39. The molecule has 0 unspecified atom stereocenters. The lowest BCUT2D eigenvalue weighted by atomic mass is 10.0. The van der Waals surface area contributed by atoms with Crippen molar-refractivity contribution >= 4 is 12.0 Å². The predicted molar refractivity (Wildman–Crippen MR) is 58.2 cm³/mol. The Bertz CT molecular complexity index is 293. The van der Waals surface area contributed by atoms with Gasteiger partial charge in [0, 0.05) is 26.1 Å². The van der Waals surface area contributed by atoms with Gasteiger partial charge >= 0.3 is 12.0 Å². The maximum atomic E-state index is 11.9. The molecule has 2 aliphatic heterocycles. The predicted octanol–water partition coefficient (Wildman–Crippen LogP) is 1.14. The van der Waals surface area contributed by atoms with Crippen LogP contribution in [0.5, 0.6) is 0 Å². The minimum absolute atomic E-state index is 0.107. The molecule has 0 aromatic carbocycles. The summed E-state index contributed by atoms with van der Waals surface area (Å²) in [4.78, 5) is 26.1. The summed E-state index contributed by atoms with van der Waals surface area (Å²) in [6.45, 7) is 2.25. The number of fused-ring (bicyclic) bond motifs is 1. The van der Waals surface area contributed by atoms with Crippen LogP contribution in [-0.2, 0) is 4.79 Å². The standard InChI is InChI=1S/C11H18N2O3/c14-10(15)5-3-6-12-8-9-4-1-2-7-13(9)11(12)16/h9H,1-8H2,(H,14,15)/t9-/m0/s1. The van der Waals surface area contributed by atoms with Gasteiger partial charge in [-0.1, -0.05) is 0 Å². The second kappa shape index (κ2) is 4.72. The fourth-order valence-electron chi connectivity index (χ4n) is 2.56. The molecule has 2 rings (SSSR count). The van der Waals surface area contributed by atoms with Gasteiger partial charge in [0.1, 0.15) is 0 Å². The maximum Gasteiger partial charge on any atom is 0.320 e. The minimum Gasteiger partial charge on any atom is -0.481 e. The van der Waals surface area contributed by atoms with Crippen LogP contribution in [-0.4, -0.2) is 52.6 Å². The first kappa shape index (κ1) is 11.2. The van der Waals surface area contributed by atoms with Gasteiger partial charge in [-0.05, 0) is 25.7 Å². The summed E-state index contributed by atoms with van der Waals surface area (Å²) >= 11 is 0. The number of hydrogen-bond donors (Lipinski definition) is 1. The Morgan fingerprint density at radius 3 is 2.94 bits per heavy atom. The molecule has 0 aliphatic carbocycles. The van der Waals surface area contributed by atoms with Gasteiger partial charge < -0.3 is 14.9 Å². The third-order valence-corrected chi connectivity index (χ3v) is 3.39. The second-order valence-electron chi connectivity index (χ2n) is 4.57. The highest BCUT2D eigenvalue weighted by Crippen LogP contribution is 2.25. The quantitative estimate of drug-likeness (QED) is 0.782. The highest BCUT2D eigenvalue weighted by atomic mass is 16.4. The molecule has 5 nitrogen and oxygen atoms in total. The Labute approximate surface area is 95.0 Å². The average Bonchev–Trinajstić information content (AvgIpc) is 2.56. The van der Waals surface area contributed by atoms with E-state index in [2.05, 4.69) is 0 Å². The van der Waals surface area contributed by atoms with E-state index < -0.39 is 5.97 Å². The third-order valence-electron chi connectivity index (χ3n) is 3.39.